The van der Waals surface area contributed by atoms with E-state index in [1.165, 1.54) is 0 Å². The summed E-state index contributed by atoms with van der Waals surface area (Å²) in [5.41, 5.74) is 0. The van der Waals surface area contributed by atoms with Crippen LogP contribution in [0.2, 0.25) is 0 Å². The Labute approximate surface area is 150 Å². The first-order chi connectivity index (χ1) is 11.2. The van der Waals surface area contributed by atoms with E-state index >= 15 is 0 Å². The second-order valence-electron chi connectivity index (χ2n) is 5.63. The van der Waals surface area contributed by atoms with Gasteiger partial charge in [-0.05, 0) is 38.1 Å². The van der Waals surface area contributed by atoms with Gasteiger partial charge in [0.05, 0.1) is 19.7 Å². The summed E-state index contributed by atoms with van der Waals surface area (Å²) in [5, 5.41) is 6.22. The molecule has 2 rings (SSSR count). The molecule has 1 fully saturated rings. The fraction of sp³-hybridized carbons (Fsp3) is 0.588. The Bertz CT molecular complexity index is 484. The molecule has 0 bridgehead atoms. The standard InChI is InChI=1S/C17H27N3O3.ClH/c1-3-22-15-4-6-16(7-5-15)23-11-9-19-17(21)13-20-10-8-18-12-14(20)2;/h4-7,14,18H,3,8-13H2,1-2H3,(H,19,21);1H/t14-;/m0./s1. The first-order valence-corrected chi connectivity index (χ1v) is 8.26. The molecule has 136 valence electrons. The summed E-state index contributed by atoms with van der Waals surface area (Å²) in [6.45, 7) is 8.94. The predicted octanol–water partition coefficient (Wildman–Crippen LogP) is 1.30. The van der Waals surface area contributed by atoms with E-state index in [9.17, 15) is 4.79 Å². The van der Waals surface area contributed by atoms with Crippen LogP contribution in [0.4, 0.5) is 0 Å². The number of amides is 1. The zero-order valence-corrected chi connectivity index (χ0v) is 15.2. The van der Waals surface area contributed by atoms with Gasteiger partial charge in [0.2, 0.25) is 5.91 Å². The van der Waals surface area contributed by atoms with Crippen molar-refractivity contribution in [3.8, 4) is 11.5 Å². The minimum Gasteiger partial charge on any atom is -0.494 e. The first kappa shape index (κ1) is 20.5. The third-order valence-corrected chi connectivity index (χ3v) is 3.81. The van der Waals surface area contributed by atoms with Crippen LogP contribution in [0, 0.1) is 0 Å². The minimum absolute atomic E-state index is 0. The van der Waals surface area contributed by atoms with Crippen molar-refractivity contribution in [2.75, 3.05) is 45.9 Å². The Hall–Kier alpha value is -1.50. The molecular formula is C17H28ClN3O3. The van der Waals surface area contributed by atoms with Crippen molar-refractivity contribution < 1.29 is 14.3 Å². The summed E-state index contributed by atoms with van der Waals surface area (Å²) in [5.74, 6) is 1.66. The maximum Gasteiger partial charge on any atom is 0.234 e. The Morgan fingerprint density at radius 3 is 2.58 bits per heavy atom. The van der Waals surface area contributed by atoms with E-state index in [-0.39, 0.29) is 18.3 Å². The summed E-state index contributed by atoms with van der Waals surface area (Å²) < 4.78 is 11.0. The highest BCUT2D eigenvalue weighted by Gasteiger charge is 2.19. The van der Waals surface area contributed by atoms with Gasteiger partial charge in [-0.3, -0.25) is 9.69 Å². The predicted molar refractivity (Wildman–Crippen MR) is 97.3 cm³/mol. The molecule has 0 aliphatic carbocycles. The van der Waals surface area contributed by atoms with Crippen molar-refractivity contribution in [1.29, 1.82) is 0 Å². The molecule has 1 atom stereocenters. The van der Waals surface area contributed by atoms with Crippen molar-refractivity contribution in [3.05, 3.63) is 24.3 Å². The summed E-state index contributed by atoms with van der Waals surface area (Å²) in [6, 6.07) is 7.89. The van der Waals surface area contributed by atoms with Crippen molar-refractivity contribution in [3.63, 3.8) is 0 Å². The summed E-state index contributed by atoms with van der Waals surface area (Å²) in [6.07, 6.45) is 0. The number of nitrogens with one attached hydrogen (secondary N) is 2. The van der Waals surface area contributed by atoms with Gasteiger partial charge in [-0.25, -0.2) is 0 Å². The molecule has 1 aliphatic heterocycles. The molecule has 0 saturated carbocycles. The van der Waals surface area contributed by atoms with Gasteiger partial charge in [-0.2, -0.15) is 0 Å². The molecule has 6 nitrogen and oxygen atoms in total. The Morgan fingerprint density at radius 1 is 1.29 bits per heavy atom. The van der Waals surface area contributed by atoms with E-state index in [0.717, 1.165) is 31.1 Å². The molecule has 24 heavy (non-hydrogen) atoms. The molecular weight excluding hydrogens is 330 g/mol. The average Bonchev–Trinajstić information content (AvgIpc) is 2.55. The second-order valence-corrected chi connectivity index (χ2v) is 5.63. The molecule has 2 N–H and O–H groups in total. The number of rotatable bonds is 8. The smallest absolute Gasteiger partial charge is 0.234 e. The van der Waals surface area contributed by atoms with E-state index in [0.29, 0.717) is 32.3 Å². The SMILES string of the molecule is CCOc1ccc(OCCNC(=O)CN2CCNC[C@@H]2C)cc1.Cl. The second kappa shape index (κ2) is 11.1. The maximum absolute atomic E-state index is 11.9. The number of nitrogens with zero attached hydrogens (tertiary/aromatic N) is 1. The van der Waals surface area contributed by atoms with Gasteiger partial charge in [-0.15, -0.1) is 12.4 Å². The summed E-state index contributed by atoms with van der Waals surface area (Å²) in [7, 11) is 0. The Morgan fingerprint density at radius 2 is 1.96 bits per heavy atom. The van der Waals surface area contributed by atoms with Crippen LogP contribution in [0.1, 0.15) is 13.8 Å². The van der Waals surface area contributed by atoms with Crippen LogP contribution in [-0.2, 0) is 4.79 Å². The molecule has 1 aliphatic rings. The Balaban J connectivity index is 0.00000288. The van der Waals surface area contributed by atoms with E-state index in [2.05, 4.69) is 22.5 Å². The van der Waals surface area contributed by atoms with E-state index in [1.807, 2.05) is 31.2 Å². The van der Waals surface area contributed by atoms with Crippen molar-refractivity contribution in [2.24, 2.45) is 0 Å². The largest absolute Gasteiger partial charge is 0.494 e. The van der Waals surface area contributed by atoms with E-state index in [4.69, 9.17) is 9.47 Å². The van der Waals surface area contributed by atoms with Gasteiger partial charge >= 0.3 is 0 Å². The number of benzene rings is 1. The molecule has 1 aromatic carbocycles. The van der Waals surface area contributed by atoms with Gasteiger partial charge in [-0.1, -0.05) is 0 Å². The third-order valence-electron chi connectivity index (χ3n) is 3.81. The quantitative estimate of drug-likeness (QED) is 0.687. The van der Waals surface area contributed by atoms with Crippen LogP contribution < -0.4 is 20.1 Å². The summed E-state index contributed by atoms with van der Waals surface area (Å²) in [4.78, 5) is 14.1. The number of hydrogen-bond acceptors (Lipinski definition) is 5. The van der Waals surface area contributed by atoms with Gasteiger partial charge < -0.3 is 20.1 Å². The molecule has 1 aromatic rings. The number of carbonyl (C=O) groups is 1. The van der Waals surface area contributed by atoms with Crippen molar-refractivity contribution >= 4 is 18.3 Å². The van der Waals surface area contributed by atoms with Crippen LogP contribution in [0.5, 0.6) is 11.5 Å². The lowest BCUT2D eigenvalue weighted by atomic mass is 10.2. The van der Waals surface area contributed by atoms with Gasteiger partial charge in [0.1, 0.15) is 18.1 Å². The maximum atomic E-state index is 11.9. The number of hydrogen-bond donors (Lipinski definition) is 2. The molecule has 1 heterocycles. The normalized spacial score (nSPS) is 17.7. The Kier molecular flexibility index (Phi) is 9.52. The topological polar surface area (TPSA) is 62.8 Å². The zero-order valence-electron chi connectivity index (χ0n) is 14.4. The number of piperazine rings is 1. The molecule has 0 aromatic heterocycles. The highest BCUT2D eigenvalue weighted by atomic mass is 35.5. The fourth-order valence-electron chi connectivity index (χ4n) is 2.52. The average molecular weight is 358 g/mol. The highest BCUT2D eigenvalue weighted by molar-refractivity contribution is 5.85. The number of halogens is 1. The molecule has 1 amide bonds. The molecule has 0 unspecified atom stereocenters. The summed E-state index contributed by atoms with van der Waals surface area (Å²) >= 11 is 0. The fourth-order valence-corrected chi connectivity index (χ4v) is 2.52. The molecule has 7 heteroatoms. The third kappa shape index (κ3) is 6.95. The minimum atomic E-state index is 0. The highest BCUT2D eigenvalue weighted by Crippen LogP contribution is 2.17. The monoisotopic (exact) mass is 357 g/mol. The number of carbonyl (C=O) groups excluding carboxylic acids is 1. The first-order valence-electron chi connectivity index (χ1n) is 8.26. The van der Waals surface area contributed by atoms with Gasteiger partial charge in [0.15, 0.2) is 0 Å². The van der Waals surface area contributed by atoms with Crippen LogP contribution in [0.3, 0.4) is 0 Å². The number of ether oxygens (including phenoxy) is 2. The van der Waals surface area contributed by atoms with Crippen LogP contribution >= 0.6 is 12.4 Å². The molecule has 0 spiro atoms. The zero-order chi connectivity index (χ0) is 16.5. The molecule has 1 saturated heterocycles. The lowest BCUT2D eigenvalue weighted by Gasteiger charge is -2.33. The lowest BCUT2D eigenvalue weighted by Crippen LogP contribution is -2.52. The van der Waals surface area contributed by atoms with Gasteiger partial charge in [0.25, 0.3) is 0 Å². The van der Waals surface area contributed by atoms with Crippen LogP contribution in [0.25, 0.3) is 0 Å². The van der Waals surface area contributed by atoms with Gasteiger partial charge in [0, 0.05) is 25.7 Å². The molecule has 0 radical (unpaired) electrons. The van der Waals surface area contributed by atoms with Crippen LogP contribution in [-0.4, -0.2) is 62.8 Å². The van der Waals surface area contributed by atoms with Crippen LogP contribution in [0.15, 0.2) is 24.3 Å². The van der Waals surface area contributed by atoms with E-state index in [1.54, 1.807) is 0 Å². The van der Waals surface area contributed by atoms with E-state index < -0.39 is 0 Å². The van der Waals surface area contributed by atoms with Crippen molar-refractivity contribution in [1.82, 2.24) is 15.5 Å². The lowest BCUT2D eigenvalue weighted by molar-refractivity contribution is -0.123. The van der Waals surface area contributed by atoms with Crippen molar-refractivity contribution in [2.45, 2.75) is 19.9 Å².